The van der Waals surface area contributed by atoms with E-state index in [0.717, 1.165) is 24.2 Å². The van der Waals surface area contributed by atoms with E-state index in [2.05, 4.69) is 5.32 Å². The molecule has 0 saturated heterocycles. The van der Waals surface area contributed by atoms with Crippen LogP contribution in [0.3, 0.4) is 0 Å². The predicted molar refractivity (Wildman–Crippen MR) is 62.8 cm³/mol. The lowest BCUT2D eigenvalue weighted by Gasteiger charge is -2.17. The van der Waals surface area contributed by atoms with E-state index in [1.807, 2.05) is 24.3 Å². The number of amides is 1. The van der Waals surface area contributed by atoms with Gasteiger partial charge in [-0.25, -0.2) is 0 Å². The molecule has 16 heavy (non-hydrogen) atoms. The number of hydrogen-bond acceptors (Lipinski definition) is 2. The Bertz CT molecular complexity index is 385. The minimum atomic E-state index is -0.182. The molecule has 0 aliphatic heterocycles. The summed E-state index contributed by atoms with van der Waals surface area (Å²) in [5.74, 6) is 0.718. The normalized spacial score (nSPS) is 16.6. The van der Waals surface area contributed by atoms with Crippen LogP contribution in [-0.4, -0.2) is 18.9 Å². The highest BCUT2D eigenvalue weighted by Crippen LogP contribution is 2.45. The van der Waals surface area contributed by atoms with Crippen LogP contribution in [0.25, 0.3) is 0 Å². The summed E-state index contributed by atoms with van der Waals surface area (Å²) >= 11 is 5.49. The Morgan fingerprint density at radius 2 is 2.06 bits per heavy atom. The fourth-order valence-corrected chi connectivity index (χ4v) is 1.89. The lowest BCUT2D eigenvalue weighted by molar-refractivity contribution is -0.119. The molecule has 86 valence electrons. The Balaban J connectivity index is 2.13. The summed E-state index contributed by atoms with van der Waals surface area (Å²) in [6.07, 6.45) is 1.95. The van der Waals surface area contributed by atoms with Gasteiger partial charge in [0.15, 0.2) is 0 Å². The van der Waals surface area contributed by atoms with Crippen molar-refractivity contribution in [3.63, 3.8) is 0 Å². The minimum Gasteiger partial charge on any atom is -0.497 e. The molecule has 0 spiro atoms. The molecule has 1 N–H and O–H groups in total. The van der Waals surface area contributed by atoms with Gasteiger partial charge in [0.1, 0.15) is 11.6 Å². The van der Waals surface area contributed by atoms with Crippen LogP contribution in [0, 0.1) is 0 Å². The topological polar surface area (TPSA) is 38.3 Å². The molecule has 0 heterocycles. The molecule has 2 rings (SSSR count). The number of benzene rings is 1. The van der Waals surface area contributed by atoms with Gasteiger partial charge in [0.2, 0.25) is 5.91 Å². The largest absolute Gasteiger partial charge is 0.497 e. The second kappa shape index (κ2) is 4.34. The van der Waals surface area contributed by atoms with Crippen LogP contribution in [0.5, 0.6) is 5.75 Å². The Morgan fingerprint density at radius 3 is 2.50 bits per heavy atom. The summed E-state index contributed by atoms with van der Waals surface area (Å²) in [4.78, 5) is 11.3. The highest BCUT2D eigenvalue weighted by atomic mass is 35.5. The van der Waals surface area contributed by atoms with Crippen molar-refractivity contribution in [1.29, 1.82) is 0 Å². The van der Waals surface area contributed by atoms with Crippen molar-refractivity contribution in [2.24, 2.45) is 0 Å². The van der Waals surface area contributed by atoms with Crippen molar-refractivity contribution in [3.05, 3.63) is 29.8 Å². The van der Waals surface area contributed by atoms with Crippen molar-refractivity contribution in [2.45, 2.75) is 18.4 Å². The average Bonchev–Trinajstić information content (AvgIpc) is 3.10. The molecule has 1 aliphatic rings. The van der Waals surface area contributed by atoms with Crippen LogP contribution in [0.15, 0.2) is 24.3 Å². The van der Waals surface area contributed by atoms with Crippen LogP contribution >= 0.6 is 11.6 Å². The number of hydrogen-bond donors (Lipinski definition) is 1. The Hall–Kier alpha value is -1.22. The van der Waals surface area contributed by atoms with Gasteiger partial charge in [-0.15, -0.1) is 11.6 Å². The Kier molecular flexibility index (Phi) is 3.06. The van der Waals surface area contributed by atoms with E-state index >= 15 is 0 Å². The van der Waals surface area contributed by atoms with Gasteiger partial charge >= 0.3 is 0 Å². The van der Waals surface area contributed by atoms with E-state index in [1.165, 1.54) is 0 Å². The molecular formula is C12H14ClNO2. The van der Waals surface area contributed by atoms with Crippen molar-refractivity contribution >= 4 is 17.5 Å². The van der Waals surface area contributed by atoms with Crippen molar-refractivity contribution in [2.75, 3.05) is 13.0 Å². The molecule has 4 heteroatoms. The molecule has 0 aromatic heterocycles. The highest BCUT2D eigenvalue weighted by molar-refractivity contribution is 6.27. The van der Waals surface area contributed by atoms with Gasteiger partial charge in [0.05, 0.1) is 12.6 Å². The van der Waals surface area contributed by atoms with Crippen molar-refractivity contribution in [3.8, 4) is 5.75 Å². The standard InChI is InChI=1S/C12H14ClNO2/c1-16-10-4-2-9(3-5-10)12(6-7-12)14-11(15)8-13/h2-5H,6-8H2,1H3,(H,14,15). The molecule has 0 radical (unpaired) electrons. The van der Waals surface area contributed by atoms with E-state index in [9.17, 15) is 4.79 Å². The third-order valence-corrected chi connectivity index (χ3v) is 3.14. The average molecular weight is 240 g/mol. The number of alkyl halides is 1. The first kappa shape index (κ1) is 11.3. The first-order chi connectivity index (χ1) is 7.70. The van der Waals surface area contributed by atoms with Gasteiger partial charge in [-0.05, 0) is 30.5 Å². The number of halogens is 1. The molecule has 0 atom stereocenters. The van der Waals surface area contributed by atoms with Crippen molar-refractivity contribution < 1.29 is 9.53 Å². The van der Waals surface area contributed by atoms with Crippen LogP contribution in [0.2, 0.25) is 0 Å². The maximum absolute atomic E-state index is 11.3. The molecular weight excluding hydrogens is 226 g/mol. The van der Waals surface area contributed by atoms with Gasteiger partial charge in [-0.1, -0.05) is 12.1 Å². The molecule has 1 fully saturated rings. The second-order valence-corrected chi connectivity index (χ2v) is 4.26. The zero-order chi connectivity index (χ0) is 11.6. The van der Waals surface area contributed by atoms with E-state index in [-0.39, 0.29) is 17.3 Å². The number of ether oxygens (including phenoxy) is 1. The third kappa shape index (κ3) is 2.14. The lowest BCUT2D eigenvalue weighted by atomic mass is 10.0. The summed E-state index contributed by atoms with van der Waals surface area (Å²) in [6.45, 7) is 0. The van der Waals surface area contributed by atoms with Gasteiger partial charge in [-0.2, -0.15) is 0 Å². The molecule has 0 unspecified atom stereocenters. The molecule has 1 amide bonds. The van der Waals surface area contributed by atoms with E-state index in [0.29, 0.717) is 0 Å². The maximum atomic E-state index is 11.3. The van der Waals surface area contributed by atoms with E-state index < -0.39 is 0 Å². The number of nitrogens with one attached hydrogen (secondary N) is 1. The SMILES string of the molecule is COc1ccc(C2(NC(=O)CCl)CC2)cc1. The van der Waals surface area contributed by atoms with E-state index in [1.54, 1.807) is 7.11 Å². The summed E-state index contributed by atoms with van der Waals surface area (Å²) in [5, 5.41) is 2.96. The zero-order valence-electron chi connectivity index (χ0n) is 9.13. The Labute approximate surface area is 99.7 Å². The first-order valence-electron chi connectivity index (χ1n) is 5.22. The second-order valence-electron chi connectivity index (χ2n) is 3.99. The summed E-state index contributed by atoms with van der Waals surface area (Å²) in [7, 11) is 1.64. The monoisotopic (exact) mass is 239 g/mol. The number of carbonyl (C=O) groups is 1. The maximum Gasteiger partial charge on any atom is 0.235 e. The van der Waals surface area contributed by atoms with Gasteiger partial charge in [0, 0.05) is 0 Å². The minimum absolute atomic E-state index is 0.0118. The van der Waals surface area contributed by atoms with Crippen molar-refractivity contribution in [1.82, 2.24) is 5.32 Å². The predicted octanol–water partition coefficient (Wildman–Crippen LogP) is 2.04. The molecule has 0 bridgehead atoms. The fourth-order valence-electron chi connectivity index (χ4n) is 1.82. The molecule has 1 aliphatic carbocycles. The van der Waals surface area contributed by atoms with Crippen LogP contribution < -0.4 is 10.1 Å². The molecule has 3 nitrogen and oxygen atoms in total. The summed E-state index contributed by atoms with van der Waals surface area (Å²) < 4.78 is 5.10. The molecule has 1 saturated carbocycles. The van der Waals surface area contributed by atoms with Crippen LogP contribution in [0.4, 0.5) is 0 Å². The van der Waals surface area contributed by atoms with E-state index in [4.69, 9.17) is 16.3 Å². The summed E-state index contributed by atoms with van der Waals surface area (Å²) in [6, 6.07) is 7.78. The number of methoxy groups -OCH3 is 1. The summed E-state index contributed by atoms with van der Waals surface area (Å²) in [5.41, 5.74) is 0.935. The van der Waals surface area contributed by atoms with Gasteiger partial charge in [0.25, 0.3) is 0 Å². The highest BCUT2D eigenvalue weighted by Gasteiger charge is 2.45. The first-order valence-corrected chi connectivity index (χ1v) is 5.75. The van der Waals surface area contributed by atoms with Crippen LogP contribution in [-0.2, 0) is 10.3 Å². The molecule has 1 aromatic rings. The smallest absolute Gasteiger partial charge is 0.235 e. The number of rotatable bonds is 4. The lowest BCUT2D eigenvalue weighted by Crippen LogP contribution is -2.35. The Morgan fingerprint density at radius 1 is 1.44 bits per heavy atom. The molecule has 1 aromatic carbocycles. The zero-order valence-corrected chi connectivity index (χ0v) is 9.88. The van der Waals surface area contributed by atoms with Gasteiger partial charge < -0.3 is 10.1 Å². The van der Waals surface area contributed by atoms with Crippen LogP contribution in [0.1, 0.15) is 18.4 Å². The third-order valence-electron chi connectivity index (χ3n) is 2.89. The quantitative estimate of drug-likeness (QED) is 0.817. The fraction of sp³-hybridized carbons (Fsp3) is 0.417. The van der Waals surface area contributed by atoms with Gasteiger partial charge in [-0.3, -0.25) is 4.79 Å². The number of carbonyl (C=O) groups excluding carboxylic acids is 1.